The number of likely N-dealkylation sites (N-methyl/N-ethyl adjacent to an activating group) is 1. The number of benzene rings is 1. The van der Waals surface area contributed by atoms with Gasteiger partial charge >= 0.3 is 0 Å². The van der Waals surface area contributed by atoms with Crippen LogP contribution in [0.25, 0.3) is 0 Å². The zero-order chi connectivity index (χ0) is 15.4. The van der Waals surface area contributed by atoms with E-state index in [4.69, 9.17) is 0 Å². The Labute approximate surface area is 134 Å². The molecule has 5 nitrogen and oxygen atoms in total. The fraction of sp³-hybridized carbons (Fsp3) is 0.533. The lowest BCUT2D eigenvalue weighted by atomic mass is 10.1. The molecule has 1 heterocycles. The summed E-state index contributed by atoms with van der Waals surface area (Å²) >= 11 is 3.28. The lowest BCUT2D eigenvalue weighted by Crippen LogP contribution is -2.50. The fourth-order valence-electron chi connectivity index (χ4n) is 2.37. The molecule has 1 fully saturated rings. The van der Waals surface area contributed by atoms with E-state index in [2.05, 4.69) is 39.8 Å². The number of phenols is 1. The molecule has 1 aliphatic heterocycles. The first-order valence-corrected chi connectivity index (χ1v) is 7.91. The molecule has 116 valence electrons. The average Bonchev–Trinajstić information content (AvgIpc) is 2.45. The van der Waals surface area contributed by atoms with Crippen molar-refractivity contribution in [3.05, 3.63) is 28.2 Å². The monoisotopic (exact) mass is 355 g/mol. The molecule has 1 amide bonds. The summed E-state index contributed by atoms with van der Waals surface area (Å²) in [5, 5.41) is 9.90. The number of piperazine rings is 1. The minimum atomic E-state index is -0.0905. The van der Waals surface area contributed by atoms with Crippen molar-refractivity contribution in [1.82, 2.24) is 14.7 Å². The van der Waals surface area contributed by atoms with Crippen LogP contribution in [0.5, 0.6) is 5.75 Å². The highest BCUT2D eigenvalue weighted by molar-refractivity contribution is 9.10. The molecule has 1 aliphatic rings. The van der Waals surface area contributed by atoms with Crippen LogP contribution in [0.15, 0.2) is 22.7 Å². The molecule has 1 N–H and O–H groups in total. The SMILES string of the molecule is CN(C)CCN1CCN(C(=O)c2ccc(Br)cc2O)CC1. The van der Waals surface area contributed by atoms with Crippen molar-refractivity contribution in [1.29, 1.82) is 0 Å². The van der Waals surface area contributed by atoms with Crippen molar-refractivity contribution >= 4 is 21.8 Å². The molecule has 0 atom stereocenters. The maximum atomic E-state index is 12.4. The Morgan fingerprint density at radius 1 is 1.29 bits per heavy atom. The van der Waals surface area contributed by atoms with Gasteiger partial charge in [0, 0.05) is 43.7 Å². The highest BCUT2D eigenvalue weighted by Gasteiger charge is 2.23. The van der Waals surface area contributed by atoms with Gasteiger partial charge in [-0.3, -0.25) is 9.69 Å². The van der Waals surface area contributed by atoms with E-state index in [0.717, 1.165) is 30.7 Å². The number of nitrogens with zero attached hydrogens (tertiary/aromatic N) is 3. The summed E-state index contributed by atoms with van der Waals surface area (Å²) in [6.45, 7) is 5.25. The minimum Gasteiger partial charge on any atom is -0.507 e. The first kappa shape index (κ1) is 16.3. The van der Waals surface area contributed by atoms with Gasteiger partial charge < -0.3 is 14.9 Å². The smallest absolute Gasteiger partial charge is 0.257 e. The number of hydrogen-bond acceptors (Lipinski definition) is 4. The van der Waals surface area contributed by atoms with Crippen molar-refractivity contribution in [2.75, 3.05) is 53.4 Å². The Balaban J connectivity index is 1.91. The van der Waals surface area contributed by atoms with Crippen molar-refractivity contribution < 1.29 is 9.90 Å². The molecule has 0 radical (unpaired) electrons. The average molecular weight is 356 g/mol. The van der Waals surface area contributed by atoms with Crippen LogP contribution in [0.3, 0.4) is 0 Å². The molecular weight excluding hydrogens is 334 g/mol. The van der Waals surface area contributed by atoms with Crippen LogP contribution in [0.2, 0.25) is 0 Å². The summed E-state index contributed by atoms with van der Waals surface area (Å²) < 4.78 is 0.769. The molecule has 0 aromatic heterocycles. The zero-order valence-electron chi connectivity index (χ0n) is 12.5. The molecule has 2 rings (SSSR count). The highest BCUT2D eigenvalue weighted by Crippen LogP contribution is 2.24. The number of carbonyl (C=O) groups excluding carboxylic acids is 1. The molecule has 1 aromatic rings. The Morgan fingerprint density at radius 3 is 2.52 bits per heavy atom. The molecule has 6 heteroatoms. The predicted molar refractivity (Wildman–Crippen MR) is 86.7 cm³/mol. The molecule has 0 saturated carbocycles. The summed E-state index contributed by atoms with van der Waals surface area (Å²) in [5.74, 6) is -0.0586. The first-order valence-electron chi connectivity index (χ1n) is 7.12. The standard InChI is InChI=1S/C15H22BrN3O2/c1-17(2)5-6-18-7-9-19(10-8-18)15(21)13-4-3-12(16)11-14(13)20/h3-4,11,20H,5-10H2,1-2H3. The van der Waals surface area contributed by atoms with Gasteiger partial charge in [-0.15, -0.1) is 0 Å². The normalized spacial score (nSPS) is 16.5. The van der Waals surface area contributed by atoms with Gasteiger partial charge in [-0.05, 0) is 32.3 Å². The van der Waals surface area contributed by atoms with Gasteiger partial charge in [-0.1, -0.05) is 15.9 Å². The molecule has 0 bridgehead atoms. The lowest BCUT2D eigenvalue weighted by molar-refractivity contribution is 0.0627. The van der Waals surface area contributed by atoms with E-state index < -0.39 is 0 Å². The van der Waals surface area contributed by atoms with Crippen LogP contribution in [0.4, 0.5) is 0 Å². The predicted octanol–water partition coefficient (Wildman–Crippen LogP) is 1.47. The Hall–Kier alpha value is -1.11. The Bertz CT molecular complexity index is 500. The van der Waals surface area contributed by atoms with Gasteiger partial charge in [0.25, 0.3) is 5.91 Å². The maximum absolute atomic E-state index is 12.4. The number of aromatic hydroxyl groups is 1. The Morgan fingerprint density at radius 2 is 1.95 bits per heavy atom. The highest BCUT2D eigenvalue weighted by atomic mass is 79.9. The van der Waals surface area contributed by atoms with Gasteiger partial charge in [-0.2, -0.15) is 0 Å². The van der Waals surface area contributed by atoms with E-state index in [9.17, 15) is 9.90 Å². The second kappa shape index (κ2) is 7.24. The van der Waals surface area contributed by atoms with E-state index in [1.165, 1.54) is 0 Å². The van der Waals surface area contributed by atoms with Gasteiger partial charge in [0.05, 0.1) is 5.56 Å². The molecule has 0 unspecified atom stereocenters. The van der Waals surface area contributed by atoms with Crippen LogP contribution < -0.4 is 0 Å². The van der Waals surface area contributed by atoms with E-state index in [-0.39, 0.29) is 11.7 Å². The van der Waals surface area contributed by atoms with Crippen molar-refractivity contribution in [2.24, 2.45) is 0 Å². The van der Waals surface area contributed by atoms with E-state index >= 15 is 0 Å². The minimum absolute atomic E-state index is 0.0319. The lowest BCUT2D eigenvalue weighted by Gasteiger charge is -2.35. The van der Waals surface area contributed by atoms with E-state index in [0.29, 0.717) is 18.7 Å². The summed E-state index contributed by atoms with van der Waals surface area (Å²) in [5.41, 5.74) is 0.375. The maximum Gasteiger partial charge on any atom is 0.257 e. The van der Waals surface area contributed by atoms with E-state index in [1.54, 1.807) is 18.2 Å². The zero-order valence-corrected chi connectivity index (χ0v) is 14.1. The van der Waals surface area contributed by atoms with Crippen molar-refractivity contribution in [3.8, 4) is 5.75 Å². The molecular formula is C15H22BrN3O2. The summed E-state index contributed by atoms with van der Waals surface area (Å²) in [7, 11) is 4.13. The largest absolute Gasteiger partial charge is 0.507 e. The number of amides is 1. The number of rotatable bonds is 4. The van der Waals surface area contributed by atoms with Crippen LogP contribution in [0.1, 0.15) is 10.4 Å². The van der Waals surface area contributed by atoms with Crippen LogP contribution in [-0.2, 0) is 0 Å². The number of halogens is 1. The summed E-state index contributed by atoms with van der Waals surface area (Å²) in [4.78, 5) is 18.8. The van der Waals surface area contributed by atoms with Gasteiger partial charge in [0.2, 0.25) is 0 Å². The topological polar surface area (TPSA) is 47.0 Å². The second-order valence-corrected chi connectivity index (χ2v) is 6.51. The third kappa shape index (κ3) is 4.43. The van der Waals surface area contributed by atoms with Gasteiger partial charge in [-0.25, -0.2) is 0 Å². The fourth-order valence-corrected chi connectivity index (χ4v) is 2.72. The van der Waals surface area contributed by atoms with Crippen LogP contribution in [0, 0.1) is 0 Å². The summed E-state index contributed by atoms with van der Waals surface area (Å²) in [6.07, 6.45) is 0. The third-order valence-corrected chi connectivity index (χ3v) is 4.21. The second-order valence-electron chi connectivity index (χ2n) is 5.60. The van der Waals surface area contributed by atoms with Gasteiger partial charge in [0.1, 0.15) is 5.75 Å². The first-order chi connectivity index (χ1) is 9.97. The summed E-state index contributed by atoms with van der Waals surface area (Å²) in [6, 6.07) is 5.00. The number of hydrogen-bond donors (Lipinski definition) is 1. The molecule has 0 spiro atoms. The molecule has 21 heavy (non-hydrogen) atoms. The third-order valence-electron chi connectivity index (χ3n) is 3.71. The van der Waals surface area contributed by atoms with Crippen molar-refractivity contribution in [3.63, 3.8) is 0 Å². The molecule has 1 saturated heterocycles. The van der Waals surface area contributed by atoms with Crippen LogP contribution in [-0.4, -0.2) is 79.1 Å². The Kier molecular flexibility index (Phi) is 5.61. The van der Waals surface area contributed by atoms with Gasteiger partial charge in [0.15, 0.2) is 0 Å². The van der Waals surface area contributed by atoms with Crippen LogP contribution >= 0.6 is 15.9 Å². The quantitative estimate of drug-likeness (QED) is 0.888. The number of carbonyl (C=O) groups is 1. The van der Waals surface area contributed by atoms with Crippen molar-refractivity contribution in [2.45, 2.75) is 0 Å². The molecule has 1 aromatic carbocycles. The van der Waals surface area contributed by atoms with E-state index in [1.807, 2.05) is 4.90 Å². The molecule has 0 aliphatic carbocycles. The number of phenolic OH excluding ortho intramolecular Hbond substituents is 1.